The highest BCUT2D eigenvalue weighted by Crippen LogP contribution is 2.21. The highest BCUT2D eigenvalue weighted by molar-refractivity contribution is 5.90. The molecule has 0 saturated heterocycles. The van der Waals surface area contributed by atoms with Crippen molar-refractivity contribution in [3.05, 3.63) is 66.1 Å². The fourth-order valence-corrected chi connectivity index (χ4v) is 2.47. The van der Waals surface area contributed by atoms with Gasteiger partial charge in [-0.15, -0.1) is 0 Å². The van der Waals surface area contributed by atoms with E-state index >= 15 is 0 Å². The predicted octanol–water partition coefficient (Wildman–Crippen LogP) is 4.01. The van der Waals surface area contributed by atoms with E-state index < -0.39 is 5.91 Å². The van der Waals surface area contributed by atoms with Crippen molar-refractivity contribution in [2.75, 3.05) is 0 Å². The van der Waals surface area contributed by atoms with Crippen LogP contribution in [0.1, 0.15) is 43.1 Å². The first-order valence-corrected chi connectivity index (χ1v) is 8.49. The van der Waals surface area contributed by atoms with E-state index in [-0.39, 0.29) is 18.0 Å². The third kappa shape index (κ3) is 4.27. The first kappa shape index (κ1) is 17.7. The molecule has 6 heteroatoms. The Bertz CT molecular complexity index is 858. The van der Waals surface area contributed by atoms with E-state index in [9.17, 15) is 4.79 Å². The van der Waals surface area contributed by atoms with Gasteiger partial charge in [0.1, 0.15) is 5.75 Å². The minimum absolute atomic E-state index is 0.0645. The second-order valence-corrected chi connectivity index (χ2v) is 6.22. The van der Waals surface area contributed by atoms with Crippen LogP contribution in [0.15, 0.2) is 59.1 Å². The summed E-state index contributed by atoms with van der Waals surface area (Å²) in [5.74, 6) is 0.658. The molecule has 3 aromatic rings. The number of nitrogens with one attached hydrogen (secondary N) is 1. The van der Waals surface area contributed by atoms with E-state index in [0.29, 0.717) is 5.82 Å². The monoisotopic (exact) mass is 351 g/mol. The Kier molecular flexibility index (Phi) is 5.31. The Balaban J connectivity index is 1.68. The first-order valence-electron chi connectivity index (χ1n) is 8.49. The molecule has 1 heterocycles. The Hall–Kier alpha value is -3.15. The van der Waals surface area contributed by atoms with Crippen molar-refractivity contribution in [3.63, 3.8) is 0 Å². The Morgan fingerprint density at radius 1 is 1.04 bits per heavy atom. The van der Waals surface area contributed by atoms with E-state index in [4.69, 9.17) is 9.26 Å². The normalized spacial score (nSPS) is 12.0. The van der Waals surface area contributed by atoms with Gasteiger partial charge < -0.3 is 14.6 Å². The zero-order chi connectivity index (χ0) is 18.5. The van der Waals surface area contributed by atoms with E-state index in [1.807, 2.05) is 75.4 Å². The molecule has 1 amide bonds. The van der Waals surface area contributed by atoms with Gasteiger partial charge in [0.2, 0.25) is 5.82 Å². The first-order chi connectivity index (χ1) is 12.5. The molecule has 3 rings (SSSR count). The average Bonchev–Trinajstić information content (AvgIpc) is 3.13. The van der Waals surface area contributed by atoms with Crippen LogP contribution in [0, 0.1) is 0 Å². The van der Waals surface area contributed by atoms with Gasteiger partial charge in [0, 0.05) is 5.56 Å². The number of ether oxygens (including phenoxy) is 1. The molecule has 1 N–H and O–H groups in total. The Morgan fingerprint density at radius 2 is 1.73 bits per heavy atom. The average molecular weight is 351 g/mol. The van der Waals surface area contributed by atoms with Crippen molar-refractivity contribution < 1.29 is 14.1 Å². The lowest BCUT2D eigenvalue weighted by Crippen LogP contribution is -2.26. The summed E-state index contributed by atoms with van der Waals surface area (Å²) in [4.78, 5) is 16.5. The number of nitrogens with zero attached hydrogens (tertiary/aromatic N) is 2. The van der Waals surface area contributed by atoms with Gasteiger partial charge in [-0.1, -0.05) is 35.5 Å². The van der Waals surface area contributed by atoms with Gasteiger partial charge in [-0.3, -0.25) is 4.79 Å². The maximum atomic E-state index is 12.3. The second kappa shape index (κ2) is 7.82. The van der Waals surface area contributed by atoms with Crippen molar-refractivity contribution in [1.29, 1.82) is 0 Å². The SMILES string of the molecule is CC(C)Oc1ccc(-c2noc(C(=O)N[C@H](C)c3ccccc3)n2)cc1. The lowest BCUT2D eigenvalue weighted by Gasteiger charge is -2.12. The summed E-state index contributed by atoms with van der Waals surface area (Å²) in [7, 11) is 0. The quantitative estimate of drug-likeness (QED) is 0.726. The molecule has 134 valence electrons. The van der Waals surface area contributed by atoms with Gasteiger partial charge in [-0.2, -0.15) is 4.98 Å². The molecule has 6 nitrogen and oxygen atoms in total. The standard InChI is InChI=1S/C20H21N3O3/c1-13(2)25-17-11-9-16(10-12-17)18-22-20(26-23-18)19(24)21-14(3)15-7-5-4-6-8-15/h4-14H,1-3H3,(H,21,24)/t14-/m1/s1. The van der Waals surface area contributed by atoms with Crippen LogP contribution in [-0.2, 0) is 0 Å². The number of aromatic nitrogens is 2. The fourth-order valence-electron chi connectivity index (χ4n) is 2.47. The molecular weight excluding hydrogens is 330 g/mol. The molecular formula is C20H21N3O3. The summed E-state index contributed by atoms with van der Waals surface area (Å²) in [5, 5.41) is 6.74. The highest BCUT2D eigenvalue weighted by Gasteiger charge is 2.18. The van der Waals surface area contributed by atoms with Crippen LogP contribution in [0.3, 0.4) is 0 Å². The molecule has 0 aliphatic rings. The van der Waals surface area contributed by atoms with Crippen LogP contribution in [0.4, 0.5) is 0 Å². The Morgan fingerprint density at radius 3 is 2.38 bits per heavy atom. The third-order valence-corrected chi connectivity index (χ3v) is 3.75. The van der Waals surface area contributed by atoms with Gasteiger partial charge in [-0.05, 0) is 50.6 Å². The fraction of sp³-hybridized carbons (Fsp3) is 0.250. The van der Waals surface area contributed by atoms with Gasteiger partial charge in [0.05, 0.1) is 12.1 Å². The van der Waals surface area contributed by atoms with Crippen molar-refractivity contribution in [2.24, 2.45) is 0 Å². The maximum Gasteiger partial charge on any atom is 0.316 e. The lowest BCUT2D eigenvalue weighted by atomic mass is 10.1. The van der Waals surface area contributed by atoms with Crippen LogP contribution < -0.4 is 10.1 Å². The molecule has 26 heavy (non-hydrogen) atoms. The van der Waals surface area contributed by atoms with Crippen molar-refractivity contribution in [3.8, 4) is 17.1 Å². The molecule has 0 aliphatic heterocycles. The molecule has 0 aliphatic carbocycles. The summed E-state index contributed by atoms with van der Waals surface area (Å²) >= 11 is 0. The number of hydrogen-bond acceptors (Lipinski definition) is 5. The second-order valence-electron chi connectivity index (χ2n) is 6.22. The molecule has 0 radical (unpaired) electrons. The van der Waals surface area contributed by atoms with Crippen molar-refractivity contribution >= 4 is 5.91 Å². The van der Waals surface area contributed by atoms with Crippen LogP contribution in [0.5, 0.6) is 5.75 Å². The van der Waals surface area contributed by atoms with E-state index in [1.165, 1.54) is 0 Å². The number of rotatable bonds is 6. The molecule has 0 bridgehead atoms. The lowest BCUT2D eigenvalue weighted by molar-refractivity contribution is 0.0895. The van der Waals surface area contributed by atoms with Crippen LogP contribution in [0.25, 0.3) is 11.4 Å². The minimum Gasteiger partial charge on any atom is -0.491 e. The van der Waals surface area contributed by atoms with Gasteiger partial charge in [-0.25, -0.2) is 0 Å². The zero-order valence-electron chi connectivity index (χ0n) is 15.0. The smallest absolute Gasteiger partial charge is 0.316 e. The van der Waals surface area contributed by atoms with Crippen molar-refractivity contribution in [1.82, 2.24) is 15.5 Å². The van der Waals surface area contributed by atoms with Crippen LogP contribution in [0.2, 0.25) is 0 Å². The Labute approximate surface area is 152 Å². The van der Waals surface area contributed by atoms with E-state index in [1.54, 1.807) is 0 Å². The topological polar surface area (TPSA) is 77.2 Å². The van der Waals surface area contributed by atoms with Gasteiger partial charge >= 0.3 is 11.8 Å². The minimum atomic E-state index is -0.403. The van der Waals surface area contributed by atoms with Crippen LogP contribution in [-0.4, -0.2) is 22.2 Å². The number of amides is 1. The number of carbonyl (C=O) groups excluding carboxylic acids is 1. The molecule has 0 spiro atoms. The number of benzene rings is 2. The predicted molar refractivity (Wildman–Crippen MR) is 97.8 cm³/mol. The van der Waals surface area contributed by atoms with Gasteiger partial charge in [0.15, 0.2) is 0 Å². The third-order valence-electron chi connectivity index (χ3n) is 3.75. The molecule has 1 atom stereocenters. The number of carbonyl (C=O) groups is 1. The highest BCUT2D eigenvalue weighted by atomic mass is 16.5. The van der Waals surface area contributed by atoms with Crippen molar-refractivity contribution in [2.45, 2.75) is 32.9 Å². The molecule has 0 unspecified atom stereocenters. The zero-order valence-corrected chi connectivity index (χ0v) is 15.0. The summed E-state index contributed by atoms with van der Waals surface area (Å²) in [6.45, 7) is 5.83. The van der Waals surface area contributed by atoms with Crippen LogP contribution >= 0.6 is 0 Å². The molecule has 0 fully saturated rings. The molecule has 0 saturated carbocycles. The maximum absolute atomic E-state index is 12.3. The summed E-state index contributed by atoms with van der Waals surface area (Å²) < 4.78 is 10.7. The van der Waals surface area contributed by atoms with E-state index in [2.05, 4.69) is 15.5 Å². The molecule has 1 aromatic heterocycles. The summed E-state index contributed by atoms with van der Waals surface area (Å²) in [5.41, 5.74) is 1.75. The largest absolute Gasteiger partial charge is 0.491 e. The van der Waals surface area contributed by atoms with Gasteiger partial charge in [0.25, 0.3) is 0 Å². The summed E-state index contributed by atoms with van der Waals surface area (Å²) in [6, 6.07) is 16.9. The van der Waals surface area contributed by atoms with E-state index in [0.717, 1.165) is 16.9 Å². The number of hydrogen-bond donors (Lipinski definition) is 1. The molecule has 2 aromatic carbocycles. The summed E-state index contributed by atoms with van der Waals surface area (Å²) in [6.07, 6.45) is 0.105.